The number of methoxy groups -OCH3 is 1. The maximum atomic E-state index is 5.49. The average Bonchev–Trinajstić information content (AvgIpc) is 2.39. The van der Waals surface area contributed by atoms with E-state index in [1.165, 1.54) is 10.5 Å². The molecule has 0 aromatic heterocycles. The Kier molecular flexibility index (Phi) is 4.09. The number of hydrogen-bond acceptors (Lipinski definition) is 4. The summed E-state index contributed by atoms with van der Waals surface area (Å²) < 4.78 is 10.7. The monoisotopic (exact) mass is 239 g/mol. The quantitative estimate of drug-likeness (QED) is 0.818. The summed E-state index contributed by atoms with van der Waals surface area (Å²) in [5.74, 6) is 0.907. The Hall–Kier alpha value is -0.710. The lowest BCUT2D eigenvalue weighted by Crippen LogP contribution is -2.34. The number of morpholine rings is 1. The lowest BCUT2D eigenvalue weighted by atomic mass is 10.1. The Labute approximate surface area is 101 Å². The first kappa shape index (κ1) is 11.8. The van der Waals surface area contributed by atoms with Crippen molar-refractivity contribution in [3.63, 3.8) is 0 Å². The van der Waals surface area contributed by atoms with Crippen molar-refractivity contribution in [1.29, 1.82) is 0 Å². The van der Waals surface area contributed by atoms with Gasteiger partial charge in [-0.25, -0.2) is 0 Å². The molecule has 4 heteroatoms. The van der Waals surface area contributed by atoms with E-state index in [0.29, 0.717) is 6.04 Å². The molecule has 1 aromatic carbocycles. The highest BCUT2D eigenvalue weighted by Crippen LogP contribution is 2.30. The molecule has 1 unspecified atom stereocenters. The van der Waals surface area contributed by atoms with Crippen LogP contribution in [0.25, 0.3) is 0 Å². The Morgan fingerprint density at radius 1 is 1.50 bits per heavy atom. The molecule has 3 nitrogen and oxygen atoms in total. The zero-order valence-electron chi connectivity index (χ0n) is 9.66. The molecule has 88 valence electrons. The molecule has 1 atom stereocenters. The van der Waals surface area contributed by atoms with Gasteiger partial charge in [-0.1, -0.05) is 6.07 Å². The molecule has 1 saturated heterocycles. The van der Waals surface area contributed by atoms with Crippen LogP contribution in [0.4, 0.5) is 0 Å². The van der Waals surface area contributed by atoms with Crippen LogP contribution >= 0.6 is 11.8 Å². The van der Waals surface area contributed by atoms with Crippen LogP contribution in [0.1, 0.15) is 11.6 Å². The third-order valence-electron chi connectivity index (χ3n) is 2.74. The van der Waals surface area contributed by atoms with Gasteiger partial charge in [-0.3, -0.25) is 0 Å². The molecule has 2 rings (SSSR count). The lowest BCUT2D eigenvalue weighted by Gasteiger charge is -2.25. The van der Waals surface area contributed by atoms with Crippen molar-refractivity contribution in [2.24, 2.45) is 0 Å². The molecule has 0 radical (unpaired) electrons. The van der Waals surface area contributed by atoms with Crippen LogP contribution < -0.4 is 10.1 Å². The van der Waals surface area contributed by atoms with Gasteiger partial charge in [0, 0.05) is 11.4 Å². The number of ether oxygens (including phenoxy) is 2. The molecule has 0 amide bonds. The fraction of sp³-hybridized carbons (Fsp3) is 0.500. The molecule has 0 spiro atoms. The van der Waals surface area contributed by atoms with E-state index in [-0.39, 0.29) is 0 Å². The zero-order valence-corrected chi connectivity index (χ0v) is 10.5. The van der Waals surface area contributed by atoms with E-state index in [2.05, 4.69) is 23.7 Å². The van der Waals surface area contributed by atoms with E-state index in [0.717, 1.165) is 25.5 Å². The summed E-state index contributed by atoms with van der Waals surface area (Å²) in [5.41, 5.74) is 1.30. The summed E-state index contributed by atoms with van der Waals surface area (Å²) >= 11 is 1.74. The fourth-order valence-electron chi connectivity index (χ4n) is 1.87. The molecule has 0 saturated carbocycles. The Balaban J connectivity index is 2.24. The molecule has 0 aliphatic carbocycles. The largest absolute Gasteiger partial charge is 0.497 e. The van der Waals surface area contributed by atoms with Gasteiger partial charge in [0.1, 0.15) is 5.75 Å². The van der Waals surface area contributed by atoms with Gasteiger partial charge in [-0.05, 0) is 24.0 Å². The molecule has 1 N–H and O–H groups in total. The van der Waals surface area contributed by atoms with Gasteiger partial charge >= 0.3 is 0 Å². The maximum absolute atomic E-state index is 5.49. The van der Waals surface area contributed by atoms with Gasteiger partial charge in [0.25, 0.3) is 0 Å². The van der Waals surface area contributed by atoms with Gasteiger partial charge in [0.15, 0.2) is 0 Å². The second-order valence-electron chi connectivity index (χ2n) is 3.69. The summed E-state index contributed by atoms with van der Waals surface area (Å²) in [4.78, 5) is 1.25. The van der Waals surface area contributed by atoms with E-state index < -0.39 is 0 Å². The van der Waals surface area contributed by atoms with E-state index in [9.17, 15) is 0 Å². The third-order valence-corrected chi connectivity index (χ3v) is 3.53. The minimum Gasteiger partial charge on any atom is -0.497 e. The second kappa shape index (κ2) is 5.57. The van der Waals surface area contributed by atoms with Crippen LogP contribution in [0.3, 0.4) is 0 Å². The fourth-order valence-corrected chi connectivity index (χ4v) is 2.55. The summed E-state index contributed by atoms with van der Waals surface area (Å²) in [6, 6.07) is 6.51. The van der Waals surface area contributed by atoms with Crippen molar-refractivity contribution < 1.29 is 9.47 Å². The van der Waals surface area contributed by atoms with Crippen LogP contribution in [0.2, 0.25) is 0 Å². The number of rotatable bonds is 3. The van der Waals surface area contributed by atoms with Gasteiger partial charge < -0.3 is 14.8 Å². The van der Waals surface area contributed by atoms with Gasteiger partial charge in [0.05, 0.1) is 26.4 Å². The van der Waals surface area contributed by atoms with Crippen LogP contribution in [0.15, 0.2) is 23.1 Å². The van der Waals surface area contributed by atoms with Crippen LogP contribution in [-0.2, 0) is 4.74 Å². The van der Waals surface area contributed by atoms with Crippen molar-refractivity contribution in [3.8, 4) is 5.75 Å². The highest BCUT2D eigenvalue weighted by Gasteiger charge is 2.18. The highest BCUT2D eigenvalue weighted by atomic mass is 32.2. The topological polar surface area (TPSA) is 30.5 Å². The van der Waals surface area contributed by atoms with Crippen LogP contribution in [0, 0.1) is 0 Å². The minimum atomic E-state index is 0.308. The molecular formula is C12H17NO2S. The van der Waals surface area contributed by atoms with Gasteiger partial charge in [-0.15, -0.1) is 11.8 Å². The van der Waals surface area contributed by atoms with Crippen molar-refractivity contribution in [2.75, 3.05) is 33.1 Å². The predicted molar refractivity (Wildman–Crippen MR) is 66.3 cm³/mol. The van der Waals surface area contributed by atoms with Crippen LogP contribution in [-0.4, -0.2) is 33.1 Å². The summed E-state index contributed by atoms with van der Waals surface area (Å²) in [5, 5.41) is 3.47. The smallest absolute Gasteiger partial charge is 0.119 e. The molecule has 0 bridgehead atoms. The number of benzene rings is 1. The molecule has 1 aliphatic rings. The van der Waals surface area contributed by atoms with Gasteiger partial charge in [0.2, 0.25) is 0 Å². The first-order valence-electron chi connectivity index (χ1n) is 5.38. The van der Waals surface area contributed by atoms with Crippen molar-refractivity contribution >= 4 is 11.8 Å². The summed E-state index contributed by atoms with van der Waals surface area (Å²) in [6.45, 7) is 2.48. The normalized spacial score (nSPS) is 20.8. The van der Waals surface area contributed by atoms with Crippen molar-refractivity contribution in [2.45, 2.75) is 10.9 Å². The first-order valence-corrected chi connectivity index (χ1v) is 6.60. The Bertz CT molecular complexity index is 351. The van der Waals surface area contributed by atoms with Crippen LogP contribution in [0.5, 0.6) is 5.75 Å². The average molecular weight is 239 g/mol. The third kappa shape index (κ3) is 2.51. The molecule has 1 aromatic rings. The predicted octanol–water partition coefficient (Wildman–Crippen LogP) is 2.08. The summed E-state index contributed by atoms with van der Waals surface area (Å²) in [6.07, 6.45) is 2.09. The number of hydrogen-bond donors (Lipinski definition) is 1. The Morgan fingerprint density at radius 3 is 3.00 bits per heavy atom. The van der Waals surface area contributed by atoms with E-state index >= 15 is 0 Å². The first-order chi connectivity index (χ1) is 7.85. The zero-order chi connectivity index (χ0) is 11.4. The number of nitrogens with one attached hydrogen (secondary N) is 1. The number of thioether (sulfide) groups is 1. The Morgan fingerprint density at radius 2 is 2.38 bits per heavy atom. The van der Waals surface area contributed by atoms with E-state index in [1.807, 2.05) is 6.07 Å². The SMILES string of the molecule is COc1ccc(C2COCCN2)c(SC)c1. The molecule has 1 fully saturated rings. The maximum Gasteiger partial charge on any atom is 0.119 e. The van der Waals surface area contributed by atoms with E-state index in [4.69, 9.17) is 9.47 Å². The molecule has 1 heterocycles. The lowest BCUT2D eigenvalue weighted by molar-refractivity contribution is 0.0761. The standard InChI is InChI=1S/C12H17NO2S/c1-14-9-3-4-10(12(7-9)16-2)11-8-15-6-5-13-11/h3-4,7,11,13H,5-6,8H2,1-2H3. The highest BCUT2D eigenvalue weighted by molar-refractivity contribution is 7.98. The molecular weight excluding hydrogens is 222 g/mol. The van der Waals surface area contributed by atoms with Crippen molar-refractivity contribution in [1.82, 2.24) is 5.32 Å². The summed E-state index contributed by atoms with van der Waals surface area (Å²) in [7, 11) is 1.70. The second-order valence-corrected chi connectivity index (χ2v) is 4.54. The minimum absolute atomic E-state index is 0.308. The molecule has 16 heavy (non-hydrogen) atoms. The van der Waals surface area contributed by atoms with Crippen molar-refractivity contribution in [3.05, 3.63) is 23.8 Å². The molecule has 1 aliphatic heterocycles. The van der Waals surface area contributed by atoms with Gasteiger partial charge in [-0.2, -0.15) is 0 Å². The van der Waals surface area contributed by atoms with E-state index in [1.54, 1.807) is 18.9 Å².